The third-order valence-corrected chi connectivity index (χ3v) is 1.53. The second-order valence-corrected chi connectivity index (χ2v) is 2.17. The van der Waals surface area contributed by atoms with E-state index in [1.54, 1.807) is 0 Å². The summed E-state index contributed by atoms with van der Waals surface area (Å²) in [4.78, 5) is 10.4. The quantitative estimate of drug-likeness (QED) is 0.496. The molecule has 0 bridgehead atoms. The summed E-state index contributed by atoms with van der Waals surface area (Å²) in [5.41, 5.74) is 0. The third-order valence-electron chi connectivity index (χ3n) is 0.695. The number of alkyl halides is 1. The van der Waals surface area contributed by atoms with Crippen molar-refractivity contribution < 1.29 is 9.90 Å². The molecule has 4 heteroatoms. The molecule has 0 saturated heterocycles. The number of rotatable bonds is 2. The predicted octanol–water partition coefficient (Wildman–Crippen LogP) is -0.472. The molecule has 0 aromatic rings. The summed E-state index contributed by atoms with van der Waals surface area (Å²) in [7, 11) is 1.50. The second kappa shape index (κ2) is 4.08. The van der Waals surface area contributed by atoms with Crippen LogP contribution >= 0.6 is 22.6 Å². The minimum Gasteiger partial charge on any atom is -0.382 e. The number of hydrogen-bond donors (Lipinski definition) is 2. The number of hydrogen-bond acceptors (Lipinski definition) is 2. The van der Waals surface area contributed by atoms with Crippen LogP contribution in [-0.4, -0.2) is 28.6 Å². The maximum Gasteiger partial charge on any atom is 0.249 e. The van der Waals surface area contributed by atoms with Gasteiger partial charge in [0.15, 0.2) is 0 Å². The van der Waals surface area contributed by atoms with Crippen molar-refractivity contribution in [2.45, 2.75) is 6.10 Å². The van der Waals surface area contributed by atoms with Gasteiger partial charge in [0.05, 0.1) is 0 Å². The van der Waals surface area contributed by atoms with Gasteiger partial charge in [0.1, 0.15) is 6.10 Å². The molecule has 1 amide bonds. The van der Waals surface area contributed by atoms with Gasteiger partial charge >= 0.3 is 0 Å². The van der Waals surface area contributed by atoms with Gasteiger partial charge in [-0.05, 0) is 0 Å². The van der Waals surface area contributed by atoms with Crippen molar-refractivity contribution in [1.82, 2.24) is 5.32 Å². The van der Waals surface area contributed by atoms with E-state index in [0.717, 1.165) is 0 Å². The monoisotopic (exact) mass is 229 g/mol. The van der Waals surface area contributed by atoms with E-state index in [1.165, 1.54) is 7.05 Å². The van der Waals surface area contributed by atoms with Crippen LogP contribution in [0.2, 0.25) is 0 Å². The molecule has 0 saturated carbocycles. The first-order chi connectivity index (χ1) is 3.72. The number of aliphatic hydroxyl groups excluding tert-OH is 1. The maximum absolute atomic E-state index is 10.4. The van der Waals surface area contributed by atoms with Crippen LogP contribution in [0.25, 0.3) is 0 Å². The Balaban J connectivity index is 3.46. The molecular weight excluding hydrogens is 221 g/mol. The average molecular weight is 229 g/mol. The summed E-state index contributed by atoms with van der Waals surface area (Å²) in [5.74, 6) is -0.320. The Hall–Kier alpha value is 0.160. The summed E-state index contributed by atoms with van der Waals surface area (Å²) in [6.07, 6.45) is -0.847. The molecule has 0 aliphatic carbocycles. The van der Waals surface area contributed by atoms with Crippen molar-refractivity contribution in [3.05, 3.63) is 0 Å². The maximum atomic E-state index is 10.4. The molecule has 1 atom stereocenters. The SMILES string of the molecule is CNC(=O)C(O)CI. The van der Waals surface area contributed by atoms with E-state index in [2.05, 4.69) is 5.32 Å². The first kappa shape index (κ1) is 8.16. The standard InChI is InChI=1S/C4H8INO2/c1-6-4(8)3(7)2-5/h3,7H,2H2,1H3,(H,6,8). The van der Waals surface area contributed by atoms with Gasteiger partial charge in [-0.25, -0.2) is 0 Å². The highest BCUT2D eigenvalue weighted by molar-refractivity contribution is 14.1. The van der Waals surface area contributed by atoms with Crippen LogP contribution in [0, 0.1) is 0 Å². The summed E-state index contributed by atoms with van der Waals surface area (Å²) >= 11 is 1.94. The zero-order valence-electron chi connectivity index (χ0n) is 4.52. The number of carbonyl (C=O) groups excluding carboxylic acids is 1. The molecule has 0 aliphatic heterocycles. The van der Waals surface area contributed by atoms with E-state index in [0.29, 0.717) is 4.43 Å². The van der Waals surface area contributed by atoms with Gasteiger partial charge in [0.25, 0.3) is 0 Å². The van der Waals surface area contributed by atoms with Crippen LogP contribution in [0.5, 0.6) is 0 Å². The smallest absolute Gasteiger partial charge is 0.249 e. The molecule has 0 aromatic heterocycles. The van der Waals surface area contributed by atoms with E-state index in [1.807, 2.05) is 22.6 Å². The molecule has 8 heavy (non-hydrogen) atoms. The third kappa shape index (κ3) is 2.46. The lowest BCUT2D eigenvalue weighted by Crippen LogP contribution is -2.32. The number of likely N-dealkylation sites (N-methyl/N-ethyl adjacent to an activating group) is 1. The molecule has 0 aliphatic rings. The van der Waals surface area contributed by atoms with Crippen molar-refractivity contribution in [2.75, 3.05) is 11.5 Å². The van der Waals surface area contributed by atoms with Crippen LogP contribution in [0.4, 0.5) is 0 Å². The van der Waals surface area contributed by atoms with Crippen LogP contribution in [0.15, 0.2) is 0 Å². The molecule has 3 nitrogen and oxygen atoms in total. The highest BCUT2D eigenvalue weighted by Crippen LogP contribution is 1.88. The van der Waals surface area contributed by atoms with E-state index < -0.39 is 6.10 Å². The van der Waals surface area contributed by atoms with E-state index in [9.17, 15) is 4.79 Å². The Morgan fingerprint density at radius 1 is 2.00 bits per heavy atom. The fourth-order valence-electron chi connectivity index (χ4n) is 0.237. The summed E-state index contributed by atoms with van der Waals surface area (Å²) < 4.78 is 0.442. The molecule has 48 valence electrons. The summed E-state index contributed by atoms with van der Waals surface area (Å²) in [5, 5.41) is 11.0. The molecule has 0 aromatic carbocycles. The van der Waals surface area contributed by atoms with Gasteiger partial charge in [0, 0.05) is 11.5 Å². The zero-order valence-corrected chi connectivity index (χ0v) is 6.68. The number of nitrogens with one attached hydrogen (secondary N) is 1. The zero-order chi connectivity index (χ0) is 6.57. The van der Waals surface area contributed by atoms with Gasteiger partial charge in [-0.15, -0.1) is 0 Å². The molecule has 0 rings (SSSR count). The lowest BCUT2D eigenvalue weighted by Gasteiger charge is -2.02. The first-order valence-electron chi connectivity index (χ1n) is 2.18. The van der Waals surface area contributed by atoms with E-state index >= 15 is 0 Å². The van der Waals surface area contributed by atoms with Crippen LogP contribution in [0.1, 0.15) is 0 Å². The molecular formula is C4H8INO2. The van der Waals surface area contributed by atoms with Gasteiger partial charge in [0.2, 0.25) is 5.91 Å². The first-order valence-corrected chi connectivity index (χ1v) is 3.70. The van der Waals surface area contributed by atoms with E-state index in [4.69, 9.17) is 5.11 Å². The number of halogens is 1. The average Bonchev–Trinajstić information content (AvgIpc) is 1.84. The van der Waals surface area contributed by atoms with Crippen LogP contribution < -0.4 is 5.32 Å². The molecule has 0 fully saturated rings. The highest BCUT2D eigenvalue weighted by atomic mass is 127. The fourth-order valence-corrected chi connectivity index (χ4v) is 0.637. The van der Waals surface area contributed by atoms with Gasteiger partial charge in [-0.3, -0.25) is 4.79 Å². The largest absolute Gasteiger partial charge is 0.382 e. The van der Waals surface area contributed by atoms with Crippen molar-refractivity contribution in [3.63, 3.8) is 0 Å². The Bertz CT molecular complexity index is 86.1. The molecule has 0 radical (unpaired) electrons. The van der Waals surface area contributed by atoms with Crippen molar-refractivity contribution >= 4 is 28.5 Å². The normalized spacial score (nSPS) is 12.9. The summed E-state index contributed by atoms with van der Waals surface area (Å²) in [6.45, 7) is 0. The minimum atomic E-state index is -0.847. The van der Waals surface area contributed by atoms with Crippen molar-refractivity contribution in [1.29, 1.82) is 0 Å². The Labute approximate surface area is 61.6 Å². The lowest BCUT2D eigenvalue weighted by atomic mass is 10.4. The Morgan fingerprint density at radius 3 is 2.62 bits per heavy atom. The van der Waals surface area contributed by atoms with Crippen LogP contribution in [0.3, 0.4) is 0 Å². The van der Waals surface area contributed by atoms with Gasteiger partial charge in [-0.1, -0.05) is 22.6 Å². The molecule has 1 unspecified atom stereocenters. The summed E-state index contributed by atoms with van der Waals surface area (Å²) in [6, 6.07) is 0. The molecule has 0 heterocycles. The van der Waals surface area contributed by atoms with Crippen molar-refractivity contribution in [3.8, 4) is 0 Å². The van der Waals surface area contributed by atoms with Gasteiger partial charge < -0.3 is 10.4 Å². The Kier molecular flexibility index (Phi) is 4.16. The van der Waals surface area contributed by atoms with Gasteiger partial charge in [-0.2, -0.15) is 0 Å². The highest BCUT2D eigenvalue weighted by Gasteiger charge is 2.08. The number of aliphatic hydroxyl groups is 1. The lowest BCUT2D eigenvalue weighted by molar-refractivity contribution is -0.127. The predicted molar refractivity (Wildman–Crippen MR) is 39.0 cm³/mol. The van der Waals surface area contributed by atoms with Crippen LogP contribution in [-0.2, 0) is 4.79 Å². The number of amides is 1. The van der Waals surface area contributed by atoms with Crippen molar-refractivity contribution in [2.24, 2.45) is 0 Å². The minimum absolute atomic E-state index is 0.320. The molecule has 2 N–H and O–H groups in total. The Morgan fingerprint density at radius 2 is 2.50 bits per heavy atom. The topological polar surface area (TPSA) is 49.3 Å². The number of carbonyl (C=O) groups is 1. The fraction of sp³-hybridized carbons (Fsp3) is 0.750. The molecule has 0 spiro atoms. The van der Waals surface area contributed by atoms with E-state index in [-0.39, 0.29) is 5.91 Å². The second-order valence-electron chi connectivity index (χ2n) is 1.28.